The van der Waals surface area contributed by atoms with E-state index < -0.39 is 17.4 Å². The molecule has 1 aromatic heterocycles. The number of rotatable bonds is 4. The normalized spacial score (nSPS) is 18.1. The molecule has 1 aliphatic rings. The summed E-state index contributed by atoms with van der Waals surface area (Å²) < 4.78 is 39.4. The van der Waals surface area contributed by atoms with Crippen LogP contribution in [0.1, 0.15) is 12.8 Å². The highest BCUT2D eigenvalue weighted by molar-refractivity contribution is 5.61. The van der Waals surface area contributed by atoms with Gasteiger partial charge in [0.15, 0.2) is 17.4 Å². The summed E-state index contributed by atoms with van der Waals surface area (Å²) in [6, 6.07) is 2.48. The van der Waals surface area contributed by atoms with E-state index in [0.29, 0.717) is 12.2 Å². The van der Waals surface area contributed by atoms with Crippen LogP contribution in [0.3, 0.4) is 0 Å². The van der Waals surface area contributed by atoms with Crippen LogP contribution in [0.15, 0.2) is 18.3 Å². The van der Waals surface area contributed by atoms with Gasteiger partial charge >= 0.3 is 0 Å². The maximum Gasteiger partial charge on any atom is 0.191 e. The molecule has 1 atom stereocenters. The van der Waals surface area contributed by atoms with Gasteiger partial charge in [-0.05, 0) is 25.0 Å². The van der Waals surface area contributed by atoms with Crippen LogP contribution >= 0.6 is 0 Å². The van der Waals surface area contributed by atoms with Gasteiger partial charge < -0.3 is 9.47 Å². The molecule has 0 saturated carbocycles. The summed E-state index contributed by atoms with van der Waals surface area (Å²) in [5.41, 5.74) is 0.496. The van der Waals surface area contributed by atoms with Gasteiger partial charge in [-0.15, -0.1) is 5.10 Å². The standard InChI is InChI=1S/C14H15F2N3O2/c1-20-14-11(15)5-4-10(13(14)16)12-8-19(18-17-12)7-9-3-2-6-21-9/h4-5,8-9H,2-3,6-7H2,1H3/t9-/m0/s1. The summed E-state index contributed by atoms with van der Waals surface area (Å²) in [6.07, 6.45) is 3.76. The highest BCUT2D eigenvalue weighted by Gasteiger charge is 2.20. The van der Waals surface area contributed by atoms with Crippen LogP contribution in [0.25, 0.3) is 11.3 Å². The van der Waals surface area contributed by atoms with E-state index >= 15 is 0 Å². The molecule has 0 amide bonds. The minimum absolute atomic E-state index is 0.118. The lowest BCUT2D eigenvalue weighted by atomic mass is 10.1. The number of aromatic nitrogens is 3. The summed E-state index contributed by atoms with van der Waals surface area (Å²) >= 11 is 0. The zero-order chi connectivity index (χ0) is 14.8. The van der Waals surface area contributed by atoms with Crippen LogP contribution in [0.2, 0.25) is 0 Å². The van der Waals surface area contributed by atoms with Crippen LogP contribution in [-0.4, -0.2) is 34.8 Å². The van der Waals surface area contributed by atoms with Crippen molar-refractivity contribution in [3.63, 3.8) is 0 Å². The third-order valence-electron chi connectivity index (χ3n) is 3.48. The predicted octanol–water partition coefficient (Wildman–Crippen LogP) is 2.41. The monoisotopic (exact) mass is 295 g/mol. The first-order chi connectivity index (χ1) is 10.2. The quantitative estimate of drug-likeness (QED) is 0.869. The average Bonchev–Trinajstić information content (AvgIpc) is 3.12. The number of methoxy groups -OCH3 is 1. The molecule has 0 aliphatic carbocycles. The van der Waals surface area contributed by atoms with E-state index in [1.165, 1.54) is 13.2 Å². The minimum Gasteiger partial charge on any atom is -0.491 e. The lowest BCUT2D eigenvalue weighted by molar-refractivity contribution is 0.0935. The molecular weight excluding hydrogens is 280 g/mol. The zero-order valence-electron chi connectivity index (χ0n) is 11.6. The van der Waals surface area contributed by atoms with Crippen molar-refractivity contribution in [2.75, 3.05) is 13.7 Å². The van der Waals surface area contributed by atoms with E-state index in [1.807, 2.05) is 0 Å². The van der Waals surface area contributed by atoms with E-state index in [0.717, 1.165) is 25.5 Å². The highest BCUT2D eigenvalue weighted by atomic mass is 19.1. The Morgan fingerprint density at radius 3 is 3.00 bits per heavy atom. The second-order valence-corrected chi connectivity index (χ2v) is 4.90. The van der Waals surface area contributed by atoms with E-state index in [1.54, 1.807) is 10.9 Å². The van der Waals surface area contributed by atoms with E-state index in [4.69, 9.17) is 9.47 Å². The van der Waals surface area contributed by atoms with Gasteiger partial charge in [-0.3, -0.25) is 0 Å². The van der Waals surface area contributed by atoms with E-state index in [9.17, 15) is 8.78 Å². The van der Waals surface area contributed by atoms with Gasteiger partial charge in [0.05, 0.1) is 26.0 Å². The molecule has 0 spiro atoms. The Kier molecular flexibility index (Phi) is 3.83. The summed E-state index contributed by atoms with van der Waals surface area (Å²) in [5, 5.41) is 7.89. The number of benzene rings is 1. The molecule has 7 heteroatoms. The average molecular weight is 295 g/mol. The smallest absolute Gasteiger partial charge is 0.191 e. The van der Waals surface area contributed by atoms with Gasteiger partial charge in [0.25, 0.3) is 0 Å². The van der Waals surface area contributed by atoms with Gasteiger partial charge in [0.2, 0.25) is 0 Å². The van der Waals surface area contributed by atoms with Crippen molar-refractivity contribution < 1.29 is 18.3 Å². The molecule has 0 radical (unpaired) electrons. The van der Waals surface area contributed by atoms with Gasteiger partial charge in [0, 0.05) is 12.2 Å². The fraction of sp³-hybridized carbons (Fsp3) is 0.429. The summed E-state index contributed by atoms with van der Waals surface area (Å²) in [6.45, 7) is 1.34. The lowest BCUT2D eigenvalue weighted by Gasteiger charge is -2.08. The molecule has 112 valence electrons. The zero-order valence-corrected chi connectivity index (χ0v) is 11.6. The SMILES string of the molecule is COc1c(F)ccc(-c2cn(C[C@@H]3CCCO3)nn2)c1F. The lowest BCUT2D eigenvalue weighted by Crippen LogP contribution is -2.15. The Morgan fingerprint density at radius 1 is 1.43 bits per heavy atom. The van der Waals surface area contributed by atoms with Crippen LogP contribution in [0.5, 0.6) is 5.75 Å². The van der Waals surface area contributed by atoms with Gasteiger partial charge in [0.1, 0.15) is 5.69 Å². The minimum atomic E-state index is -0.776. The Labute approximate surface area is 120 Å². The number of hydrogen-bond acceptors (Lipinski definition) is 4. The third-order valence-corrected chi connectivity index (χ3v) is 3.48. The Morgan fingerprint density at radius 2 is 2.29 bits per heavy atom. The van der Waals surface area contributed by atoms with Crippen molar-refractivity contribution in [3.05, 3.63) is 30.0 Å². The molecule has 1 fully saturated rings. The second-order valence-electron chi connectivity index (χ2n) is 4.90. The van der Waals surface area contributed by atoms with Crippen LogP contribution in [0.4, 0.5) is 8.78 Å². The van der Waals surface area contributed by atoms with Crippen LogP contribution < -0.4 is 4.74 Å². The maximum absolute atomic E-state index is 14.2. The van der Waals surface area contributed by atoms with E-state index in [-0.39, 0.29) is 11.7 Å². The Balaban J connectivity index is 1.85. The van der Waals surface area contributed by atoms with Crippen LogP contribution in [-0.2, 0) is 11.3 Å². The van der Waals surface area contributed by atoms with Crippen LogP contribution in [0, 0.1) is 11.6 Å². The Bertz CT molecular complexity index is 639. The number of halogens is 2. The second kappa shape index (κ2) is 5.77. The van der Waals surface area contributed by atoms with Crippen molar-refractivity contribution in [3.8, 4) is 17.0 Å². The van der Waals surface area contributed by atoms with Gasteiger partial charge in [-0.1, -0.05) is 5.21 Å². The number of nitrogens with zero attached hydrogens (tertiary/aromatic N) is 3. The molecule has 3 rings (SSSR count). The van der Waals surface area contributed by atoms with E-state index in [2.05, 4.69) is 10.3 Å². The molecule has 0 bridgehead atoms. The first kappa shape index (κ1) is 13.9. The number of hydrogen-bond donors (Lipinski definition) is 0. The molecule has 1 aliphatic heterocycles. The van der Waals surface area contributed by atoms with Crippen molar-refractivity contribution in [1.29, 1.82) is 0 Å². The highest BCUT2D eigenvalue weighted by Crippen LogP contribution is 2.30. The summed E-state index contributed by atoms with van der Waals surface area (Å²) in [4.78, 5) is 0. The molecule has 2 heterocycles. The predicted molar refractivity (Wildman–Crippen MR) is 70.9 cm³/mol. The van der Waals surface area contributed by atoms with Crippen molar-refractivity contribution in [2.24, 2.45) is 0 Å². The van der Waals surface area contributed by atoms with Crippen molar-refractivity contribution >= 4 is 0 Å². The van der Waals surface area contributed by atoms with Gasteiger partial charge in [-0.25, -0.2) is 13.5 Å². The fourth-order valence-electron chi connectivity index (χ4n) is 2.43. The first-order valence-electron chi connectivity index (χ1n) is 6.73. The Hall–Kier alpha value is -2.02. The molecule has 2 aromatic rings. The van der Waals surface area contributed by atoms with Gasteiger partial charge in [-0.2, -0.15) is 0 Å². The molecule has 0 unspecified atom stereocenters. The molecule has 21 heavy (non-hydrogen) atoms. The molecule has 0 N–H and O–H groups in total. The molecule has 1 aromatic carbocycles. The third kappa shape index (κ3) is 2.73. The summed E-state index contributed by atoms with van der Waals surface area (Å²) in [7, 11) is 1.22. The number of ether oxygens (including phenoxy) is 2. The topological polar surface area (TPSA) is 49.2 Å². The van der Waals surface area contributed by atoms with Crippen molar-refractivity contribution in [1.82, 2.24) is 15.0 Å². The first-order valence-corrected chi connectivity index (χ1v) is 6.73. The maximum atomic E-state index is 14.2. The molecule has 1 saturated heterocycles. The fourth-order valence-corrected chi connectivity index (χ4v) is 2.43. The largest absolute Gasteiger partial charge is 0.491 e. The molecular formula is C14H15F2N3O2. The summed E-state index contributed by atoms with van der Waals surface area (Å²) in [5.74, 6) is -1.94. The van der Waals surface area contributed by atoms with Crippen molar-refractivity contribution in [2.45, 2.75) is 25.5 Å². The molecule has 5 nitrogen and oxygen atoms in total.